The maximum absolute atomic E-state index is 11.8. The number of ether oxygens (including phenoxy) is 1. The molecule has 0 amide bonds. The number of aliphatic hydroxyl groups is 1. The number of aromatic nitrogens is 1. The second kappa shape index (κ2) is 9.41. The molecule has 1 aromatic heterocycles. The Morgan fingerprint density at radius 3 is 2.37 bits per heavy atom. The van der Waals surface area contributed by atoms with Gasteiger partial charge in [0.25, 0.3) is 0 Å². The molecule has 0 saturated carbocycles. The van der Waals surface area contributed by atoms with E-state index in [1.165, 1.54) is 6.26 Å². The van der Waals surface area contributed by atoms with Crippen LogP contribution in [-0.2, 0) is 16.4 Å². The lowest BCUT2D eigenvalue weighted by Gasteiger charge is -2.16. The normalized spacial score (nSPS) is 11.5. The number of aliphatic hydroxyl groups excluding tert-OH is 1. The molecule has 6 heteroatoms. The van der Waals surface area contributed by atoms with E-state index in [0.29, 0.717) is 18.1 Å². The van der Waals surface area contributed by atoms with Crippen molar-refractivity contribution in [3.63, 3.8) is 0 Å². The molecule has 0 saturated heterocycles. The standard InChI is InChI=1S/C24H27NO4S/c1-4-5-13-29-24-20(16-26)15-22(18-9-11-21(12-10-18)30(3,27)28)23(25-24)19-8-6-7-17(2)14-19/h6-12,14-15,26H,4-5,13,16H2,1-3H3. The summed E-state index contributed by atoms with van der Waals surface area (Å²) in [6.07, 6.45) is 3.10. The number of pyridine rings is 1. The Bertz CT molecular complexity index is 1120. The molecule has 3 rings (SSSR count). The van der Waals surface area contributed by atoms with Crippen LogP contribution < -0.4 is 4.74 Å². The van der Waals surface area contributed by atoms with Crippen molar-refractivity contribution in [3.8, 4) is 28.3 Å². The van der Waals surface area contributed by atoms with Crippen molar-refractivity contribution in [2.75, 3.05) is 12.9 Å². The van der Waals surface area contributed by atoms with Gasteiger partial charge in [0.2, 0.25) is 5.88 Å². The Hall–Kier alpha value is -2.70. The van der Waals surface area contributed by atoms with Crippen LogP contribution in [0.1, 0.15) is 30.9 Å². The van der Waals surface area contributed by atoms with Gasteiger partial charge >= 0.3 is 0 Å². The minimum absolute atomic E-state index is 0.197. The minimum atomic E-state index is -3.28. The van der Waals surface area contributed by atoms with Crippen LogP contribution in [0.2, 0.25) is 0 Å². The zero-order valence-electron chi connectivity index (χ0n) is 17.6. The SMILES string of the molecule is CCCCOc1nc(-c2cccc(C)c2)c(-c2ccc(S(C)(=O)=O)cc2)cc1CO. The maximum Gasteiger partial charge on any atom is 0.219 e. The van der Waals surface area contributed by atoms with Gasteiger partial charge in [0.1, 0.15) is 0 Å². The third-order valence-electron chi connectivity index (χ3n) is 4.85. The number of sulfone groups is 1. The average Bonchev–Trinajstić information content (AvgIpc) is 2.73. The van der Waals surface area contributed by atoms with Crippen molar-refractivity contribution in [3.05, 3.63) is 65.7 Å². The molecule has 158 valence electrons. The van der Waals surface area contributed by atoms with Crippen molar-refractivity contribution in [1.82, 2.24) is 4.98 Å². The molecule has 0 aliphatic carbocycles. The van der Waals surface area contributed by atoms with E-state index in [0.717, 1.165) is 40.8 Å². The van der Waals surface area contributed by atoms with Crippen LogP contribution in [0.25, 0.3) is 22.4 Å². The smallest absolute Gasteiger partial charge is 0.219 e. The Morgan fingerprint density at radius 2 is 1.77 bits per heavy atom. The van der Waals surface area contributed by atoms with Gasteiger partial charge in [-0.1, -0.05) is 49.2 Å². The van der Waals surface area contributed by atoms with Gasteiger partial charge in [-0.15, -0.1) is 0 Å². The molecule has 0 unspecified atom stereocenters. The van der Waals surface area contributed by atoms with Crippen LogP contribution in [0, 0.1) is 6.92 Å². The number of aryl methyl sites for hydroxylation is 1. The number of rotatable bonds is 8. The van der Waals surface area contributed by atoms with E-state index in [2.05, 4.69) is 6.92 Å². The lowest BCUT2D eigenvalue weighted by atomic mass is 9.97. The predicted octanol–water partition coefficient (Wildman–Crippen LogP) is 4.80. The summed E-state index contributed by atoms with van der Waals surface area (Å²) in [5.74, 6) is 0.430. The lowest BCUT2D eigenvalue weighted by Crippen LogP contribution is -2.05. The van der Waals surface area contributed by atoms with Crippen LogP contribution >= 0.6 is 0 Å². The molecule has 0 atom stereocenters. The van der Waals surface area contributed by atoms with Gasteiger partial charge in [-0.25, -0.2) is 13.4 Å². The van der Waals surface area contributed by atoms with Crippen LogP contribution in [0.15, 0.2) is 59.5 Å². The summed E-state index contributed by atoms with van der Waals surface area (Å²) in [5, 5.41) is 9.90. The van der Waals surface area contributed by atoms with E-state index in [1.807, 2.05) is 37.3 Å². The summed E-state index contributed by atoms with van der Waals surface area (Å²) in [4.78, 5) is 5.04. The number of hydrogen-bond acceptors (Lipinski definition) is 5. The highest BCUT2D eigenvalue weighted by Gasteiger charge is 2.17. The van der Waals surface area contributed by atoms with Crippen LogP contribution in [0.5, 0.6) is 5.88 Å². The molecule has 2 aromatic carbocycles. The molecule has 0 radical (unpaired) electrons. The van der Waals surface area contributed by atoms with Gasteiger partial charge in [-0.3, -0.25) is 0 Å². The molecule has 0 fully saturated rings. The minimum Gasteiger partial charge on any atom is -0.477 e. The van der Waals surface area contributed by atoms with E-state index < -0.39 is 9.84 Å². The first-order valence-electron chi connectivity index (χ1n) is 9.98. The van der Waals surface area contributed by atoms with E-state index >= 15 is 0 Å². The van der Waals surface area contributed by atoms with Crippen molar-refractivity contribution >= 4 is 9.84 Å². The largest absolute Gasteiger partial charge is 0.477 e. The van der Waals surface area contributed by atoms with Crippen molar-refractivity contribution in [2.24, 2.45) is 0 Å². The first-order chi connectivity index (χ1) is 14.3. The van der Waals surface area contributed by atoms with E-state index in [-0.39, 0.29) is 11.5 Å². The van der Waals surface area contributed by atoms with Gasteiger partial charge in [0, 0.05) is 22.9 Å². The van der Waals surface area contributed by atoms with Gasteiger partial charge in [0.05, 0.1) is 23.8 Å². The Labute approximate surface area is 178 Å². The maximum atomic E-state index is 11.8. The topological polar surface area (TPSA) is 76.5 Å². The molecule has 0 aliphatic rings. The first-order valence-corrected chi connectivity index (χ1v) is 11.9. The summed E-state index contributed by atoms with van der Waals surface area (Å²) in [5.41, 5.74) is 5.00. The highest BCUT2D eigenvalue weighted by atomic mass is 32.2. The van der Waals surface area contributed by atoms with Crippen molar-refractivity contribution in [1.29, 1.82) is 0 Å². The Morgan fingerprint density at radius 1 is 1.03 bits per heavy atom. The van der Waals surface area contributed by atoms with E-state index in [9.17, 15) is 13.5 Å². The second-order valence-electron chi connectivity index (χ2n) is 7.37. The third kappa shape index (κ3) is 5.07. The van der Waals surface area contributed by atoms with Gasteiger partial charge in [-0.05, 0) is 43.2 Å². The summed E-state index contributed by atoms with van der Waals surface area (Å²) >= 11 is 0. The predicted molar refractivity (Wildman–Crippen MR) is 119 cm³/mol. The summed E-state index contributed by atoms with van der Waals surface area (Å²) in [6.45, 7) is 4.44. The zero-order chi connectivity index (χ0) is 21.7. The molecule has 1 N–H and O–H groups in total. The molecule has 0 spiro atoms. The molecule has 1 heterocycles. The van der Waals surface area contributed by atoms with Gasteiger partial charge < -0.3 is 9.84 Å². The van der Waals surface area contributed by atoms with Gasteiger partial charge in [0.15, 0.2) is 9.84 Å². The fourth-order valence-corrected chi connectivity index (χ4v) is 3.83. The van der Waals surface area contributed by atoms with E-state index in [4.69, 9.17) is 9.72 Å². The molecular weight excluding hydrogens is 398 g/mol. The summed E-state index contributed by atoms with van der Waals surface area (Å²) < 4.78 is 29.5. The fraction of sp³-hybridized carbons (Fsp3) is 0.292. The van der Waals surface area contributed by atoms with E-state index in [1.54, 1.807) is 24.3 Å². The quantitative estimate of drug-likeness (QED) is 0.525. The molecule has 0 bridgehead atoms. The Kier molecular flexibility index (Phi) is 6.90. The highest BCUT2D eigenvalue weighted by Crippen LogP contribution is 2.35. The second-order valence-corrected chi connectivity index (χ2v) is 9.39. The highest BCUT2D eigenvalue weighted by molar-refractivity contribution is 7.90. The summed E-state index contributed by atoms with van der Waals surface area (Å²) in [6, 6.07) is 16.6. The van der Waals surface area contributed by atoms with Crippen LogP contribution in [0.4, 0.5) is 0 Å². The monoisotopic (exact) mass is 425 g/mol. The molecule has 5 nitrogen and oxygen atoms in total. The molecular formula is C24H27NO4S. The summed E-state index contributed by atoms with van der Waals surface area (Å²) in [7, 11) is -3.28. The van der Waals surface area contributed by atoms with Crippen LogP contribution in [-0.4, -0.2) is 31.4 Å². The lowest BCUT2D eigenvalue weighted by molar-refractivity contribution is 0.255. The molecule has 0 aliphatic heterocycles. The number of hydrogen-bond donors (Lipinski definition) is 1. The average molecular weight is 426 g/mol. The van der Waals surface area contributed by atoms with Crippen molar-refractivity contribution < 1.29 is 18.3 Å². The Balaban J connectivity index is 2.17. The van der Waals surface area contributed by atoms with Crippen molar-refractivity contribution in [2.45, 2.75) is 38.2 Å². The zero-order valence-corrected chi connectivity index (χ0v) is 18.4. The number of nitrogens with zero attached hydrogens (tertiary/aromatic N) is 1. The van der Waals surface area contributed by atoms with Gasteiger partial charge in [-0.2, -0.15) is 0 Å². The first kappa shape index (κ1) is 22.0. The number of unbranched alkanes of at least 4 members (excludes halogenated alkanes) is 1. The van der Waals surface area contributed by atoms with Crippen LogP contribution in [0.3, 0.4) is 0 Å². The third-order valence-corrected chi connectivity index (χ3v) is 5.98. The molecule has 3 aromatic rings. The fourth-order valence-electron chi connectivity index (χ4n) is 3.20. The molecule has 30 heavy (non-hydrogen) atoms. The number of benzene rings is 2.